The van der Waals surface area contributed by atoms with Gasteiger partial charge in [0.15, 0.2) is 0 Å². The summed E-state index contributed by atoms with van der Waals surface area (Å²) in [5.74, 6) is -0.669. The molecule has 108 valence electrons. The van der Waals surface area contributed by atoms with Gasteiger partial charge >= 0.3 is 0 Å². The lowest BCUT2D eigenvalue weighted by molar-refractivity contribution is 0.102. The van der Waals surface area contributed by atoms with Gasteiger partial charge in [0.25, 0.3) is 5.91 Å². The second-order valence-electron chi connectivity index (χ2n) is 5.14. The Morgan fingerprint density at radius 1 is 1.38 bits per heavy atom. The topological polar surface area (TPSA) is 54.0 Å². The van der Waals surface area contributed by atoms with E-state index in [0.29, 0.717) is 24.1 Å². The van der Waals surface area contributed by atoms with E-state index in [4.69, 9.17) is 0 Å². The van der Waals surface area contributed by atoms with E-state index in [1.54, 1.807) is 18.3 Å². The molecule has 3 rings (SSSR count). The van der Waals surface area contributed by atoms with Crippen LogP contribution < -0.4 is 10.6 Å². The lowest BCUT2D eigenvalue weighted by Gasteiger charge is -2.19. The summed E-state index contributed by atoms with van der Waals surface area (Å²) < 4.78 is 14.5. The second-order valence-corrected chi connectivity index (χ2v) is 5.14. The molecule has 0 atom stereocenters. The quantitative estimate of drug-likeness (QED) is 0.891. The van der Waals surface area contributed by atoms with Crippen LogP contribution in [0.2, 0.25) is 0 Å². The van der Waals surface area contributed by atoms with Gasteiger partial charge < -0.3 is 10.6 Å². The summed E-state index contributed by atoms with van der Waals surface area (Å²) in [7, 11) is 0. The van der Waals surface area contributed by atoms with Crippen molar-refractivity contribution in [3.8, 4) is 0 Å². The lowest BCUT2D eigenvalue weighted by atomic mass is 9.99. The lowest BCUT2D eigenvalue weighted by Crippen LogP contribution is -2.25. The number of hydrogen-bond donors (Lipinski definition) is 2. The molecule has 5 heteroatoms. The van der Waals surface area contributed by atoms with Crippen LogP contribution in [0.4, 0.5) is 10.1 Å². The summed E-state index contributed by atoms with van der Waals surface area (Å²) in [5.41, 5.74) is 3.13. The maximum atomic E-state index is 14.5. The van der Waals surface area contributed by atoms with Gasteiger partial charge in [-0.3, -0.25) is 9.78 Å². The molecule has 0 aliphatic carbocycles. The molecule has 1 aromatic heterocycles. The molecule has 2 heterocycles. The largest absolute Gasteiger partial charge is 0.319 e. The Hall–Kier alpha value is -2.27. The number of carbonyl (C=O) groups is 1. The number of nitrogens with zero attached hydrogens (tertiary/aromatic N) is 1. The number of halogens is 1. The maximum absolute atomic E-state index is 14.5. The summed E-state index contributed by atoms with van der Waals surface area (Å²) in [6.07, 6.45) is 3.75. The van der Waals surface area contributed by atoms with E-state index in [0.717, 1.165) is 17.7 Å². The van der Waals surface area contributed by atoms with Gasteiger partial charge in [0.2, 0.25) is 0 Å². The van der Waals surface area contributed by atoms with E-state index in [1.165, 1.54) is 6.20 Å². The number of aryl methyl sites for hydroxylation is 1. The number of fused-ring (bicyclic) bond motifs is 1. The SMILES string of the molecule is Cc1ccncc1C(=O)Nc1ccc2c(c1F)CCNC2. The molecule has 2 aromatic rings. The zero-order valence-electron chi connectivity index (χ0n) is 11.7. The van der Waals surface area contributed by atoms with Crippen molar-refractivity contribution in [1.29, 1.82) is 0 Å². The van der Waals surface area contributed by atoms with Crippen molar-refractivity contribution in [2.24, 2.45) is 0 Å². The predicted octanol–water partition coefficient (Wildman–Crippen LogP) is 2.43. The fraction of sp³-hybridized carbons (Fsp3) is 0.250. The van der Waals surface area contributed by atoms with Crippen LogP contribution in [0.15, 0.2) is 30.6 Å². The zero-order chi connectivity index (χ0) is 14.8. The number of carbonyl (C=O) groups excluding carboxylic acids is 1. The minimum Gasteiger partial charge on any atom is -0.319 e. The van der Waals surface area contributed by atoms with Crippen LogP contribution in [0, 0.1) is 12.7 Å². The summed E-state index contributed by atoms with van der Waals surface area (Å²) in [6, 6.07) is 5.23. The number of nitrogens with one attached hydrogen (secondary N) is 2. The van der Waals surface area contributed by atoms with E-state index in [2.05, 4.69) is 15.6 Å². The van der Waals surface area contributed by atoms with Gasteiger partial charge in [-0.1, -0.05) is 6.07 Å². The number of rotatable bonds is 2. The van der Waals surface area contributed by atoms with E-state index in [9.17, 15) is 9.18 Å². The van der Waals surface area contributed by atoms with E-state index in [1.807, 2.05) is 13.0 Å². The highest BCUT2D eigenvalue weighted by Gasteiger charge is 2.18. The van der Waals surface area contributed by atoms with Crippen LogP contribution in [-0.2, 0) is 13.0 Å². The van der Waals surface area contributed by atoms with Crippen molar-refractivity contribution in [1.82, 2.24) is 10.3 Å². The zero-order valence-corrected chi connectivity index (χ0v) is 11.7. The van der Waals surface area contributed by atoms with Crippen molar-refractivity contribution in [2.75, 3.05) is 11.9 Å². The number of benzene rings is 1. The first-order valence-corrected chi connectivity index (χ1v) is 6.90. The smallest absolute Gasteiger partial charge is 0.257 e. The predicted molar refractivity (Wildman–Crippen MR) is 78.7 cm³/mol. The van der Waals surface area contributed by atoms with Gasteiger partial charge in [-0.15, -0.1) is 0 Å². The highest BCUT2D eigenvalue weighted by Crippen LogP contribution is 2.25. The first kappa shape index (κ1) is 13.7. The van der Waals surface area contributed by atoms with Crippen LogP contribution in [0.25, 0.3) is 0 Å². The van der Waals surface area contributed by atoms with Crippen molar-refractivity contribution >= 4 is 11.6 Å². The van der Waals surface area contributed by atoms with Crippen molar-refractivity contribution in [3.05, 3.63) is 58.7 Å². The summed E-state index contributed by atoms with van der Waals surface area (Å²) in [5, 5.41) is 5.84. The molecule has 0 saturated heterocycles. The number of aromatic nitrogens is 1. The van der Waals surface area contributed by atoms with Gasteiger partial charge in [-0.25, -0.2) is 4.39 Å². The normalized spacial score (nSPS) is 13.6. The number of amides is 1. The molecule has 0 radical (unpaired) electrons. The monoisotopic (exact) mass is 285 g/mol. The Morgan fingerprint density at radius 2 is 2.24 bits per heavy atom. The fourth-order valence-electron chi connectivity index (χ4n) is 2.52. The van der Waals surface area contributed by atoms with Crippen LogP contribution in [0.3, 0.4) is 0 Å². The molecule has 1 amide bonds. The molecule has 0 spiro atoms. The molecule has 1 aromatic carbocycles. The summed E-state index contributed by atoms with van der Waals surface area (Å²) in [4.78, 5) is 16.2. The molecule has 1 aliphatic rings. The van der Waals surface area contributed by atoms with E-state index >= 15 is 0 Å². The molecule has 21 heavy (non-hydrogen) atoms. The highest BCUT2D eigenvalue weighted by molar-refractivity contribution is 6.05. The fourth-order valence-corrected chi connectivity index (χ4v) is 2.52. The average Bonchev–Trinajstić information content (AvgIpc) is 2.51. The molecule has 2 N–H and O–H groups in total. The standard InChI is InChI=1S/C16H16FN3O/c1-10-4-6-19-9-13(10)16(21)20-14-3-2-11-8-18-7-5-12(11)15(14)17/h2-4,6,9,18H,5,7-8H2,1H3,(H,20,21). The van der Waals surface area contributed by atoms with Crippen molar-refractivity contribution in [2.45, 2.75) is 19.9 Å². The first-order chi connectivity index (χ1) is 10.2. The van der Waals surface area contributed by atoms with Gasteiger partial charge in [-0.2, -0.15) is 0 Å². The third-order valence-electron chi connectivity index (χ3n) is 3.74. The third-order valence-corrected chi connectivity index (χ3v) is 3.74. The van der Waals surface area contributed by atoms with Gasteiger partial charge in [0.1, 0.15) is 5.82 Å². The van der Waals surface area contributed by atoms with Gasteiger partial charge in [0.05, 0.1) is 11.3 Å². The summed E-state index contributed by atoms with van der Waals surface area (Å²) >= 11 is 0. The van der Waals surface area contributed by atoms with Crippen molar-refractivity contribution < 1.29 is 9.18 Å². The van der Waals surface area contributed by atoms with Crippen LogP contribution in [0.1, 0.15) is 27.0 Å². The first-order valence-electron chi connectivity index (χ1n) is 6.90. The Morgan fingerprint density at radius 3 is 3.05 bits per heavy atom. The van der Waals surface area contributed by atoms with Gasteiger partial charge in [-0.05, 0) is 48.7 Å². The molecule has 0 saturated carbocycles. The third kappa shape index (κ3) is 2.64. The molecular weight excluding hydrogens is 269 g/mol. The van der Waals surface area contributed by atoms with E-state index in [-0.39, 0.29) is 17.4 Å². The minimum absolute atomic E-state index is 0.226. The van der Waals surface area contributed by atoms with Crippen LogP contribution in [0.5, 0.6) is 0 Å². The van der Waals surface area contributed by atoms with E-state index < -0.39 is 0 Å². The summed E-state index contributed by atoms with van der Waals surface area (Å²) in [6.45, 7) is 3.25. The molecule has 0 bridgehead atoms. The minimum atomic E-state index is -0.339. The Balaban J connectivity index is 1.89. The molecule has 1 aliphatic heterocycles. The molecule has 4 nitrogen and oxygen atoms in total. The van der Waals surface area contributed by atoms with Crippen LogP contribution in [-0.4, -0.2) is 17.4 Å². The highest BCUT2D eigenvalue weighted by atomic mass is 19.1. The molecular formula is C16H16FN3O. The average molecular weight is 285 g/mol. The molecule has 0 unspecified atom stereocenters. The number of hydrogen-bond acceptors (Lipinski definition) is 3. The maximum Gasteiger partial charge on any atom is 0.257 e. The number of pyridine rings is 1. The molecule has 0 fully saturated rings. The second kappa shape index (κ2) is 5.61. The van der Waals surface area contributed by atoms with Crippen molar-refractivity contribution in [3.63, 3.8) is 0 Å². The number of anilines is 1. The Labute approximate surface area is 122 Å². The van der Waals surface area contributed by atoms with Gasteiger partial charge in [0, 0.05) is 18.9 Å². The Kier molecular flexibility index (Phi) is 3.66. The Bertz CT molecular complexity index is 700. The van der Waals surface area contributed by atoms with Crippen LogP contribution >= 0.6 is 0 Å².